The third-order valence-corrected chi connectivity index (χ3v) is 3.01. The topological polar surface area (TPSA) is 50.4 Å². The number of rotatable bonds is 5. The first-order valence-electron chi connectivity index (χ1n) is 6.95. The molecule has 21 heavy (non-hydrogen) atoms. The number of hydrogen-bond acceptors (Lipinski definition) is 2. The summed E-state index contributed by atoms with van der Waals surface area (Å²) >= 11 is 0. The number of hydrogen-bond donors (Lipinski definition) is 2. The maximum Gasteiger partial charge on any atom is 0.319 e. The molecule has 0 aliphatic carbocycles. The highest BCUT2D eigenvalue weighted by atomic mass is 16.5. The first-order chi connectivity index (χ1) is 10.1. The van der Waals surface area contributed by atoms with Crippen molar-refractivity contribution in [3.05, 3.63) is 59.7 Å². The number of para-hydroxylation sites is 1. The fraction of sp³-hybridized carbons (Fsp3) is 0.235. The molecule has 0 spiro atoms. The Morgan fingerprint density at radius 2 is 1.86 bits per heavy atom. The molecule has 0 aliphatic rings. The highest BCUT2D eigenvalue weighted by Crippen LogP contribution is 2.18. The number of ether oxygens (including phenoxy) is 1. The fourth-order valence-electron chi connectivity index (χ4n) is 1.98. The van der Waals surface area contributed by atoms with Crippen LogP contribution >= 0.6 is 0 Å². The van der Waals surface area contributed by atoms with E-state index in [1.807, 2.05) is 56.3 Å². The highest BCUT2D eigenvalue weighted by molar-refractivity contribution is 5.89. The average molecular weight is 284 g/mol. The molecule has 2 aromatic rings. The quantitative estimate of drug-likeness (QED) is 0.826. The van der Waals surface area contributed by atoms with E-state index in [1.54, 1.807) is 0 Å². The molecule has 0 radical (unpaired) electrons. The van der Waals surface area contributed by atoms with Gasteiger partial charge >= 0.3 is 6.03 Å². The standard InChI is InChI=1S/C17H20N2O2/c1-13-8-9-16(14(2)12-13)21-11-10-18-17(20)19-15-6-4-3-5-7-15/h3-9,12H,10-11H2,1-2H3,(H2,18,19,20). The van der Waals surface area contributed by atoms with Crippen molar-refractivity contribution in [1.29, 1.82) is 0 Å². The maximum absolute atomic E-state index is 11.7. The predicted octanol–water partition coefficient (Wildman–Crippen LogP) is 3.50. The number of anilines is 1. The van der Waals surface area contributed by atoms with Crippen LogP contribution < -0.4 is 15.4 Å². The molecule has 4 nitrogen and oxygen atoms in total. The minimum atomic E-state index is -0.231. The zero-order chi connectivity index (χ0) is 15.1. The van der Waals surface area contributed by atoms with Crippen molar-refractivity contribution in [2.45, 2.75) is 13.8 Å². The van der Waals surface area contributed by atoms with Crippen LogP contribution in [0.25, 0.3) is 0 Å². The summed E-state index contributed by atoms with van der Waals surface area (Å²) in [5.41, 5.74) is 3.08. The van der Waals surface area contributed by atoms with Gasteiger partial charge in [0.1, 0.15) is 12.4 Å². The summed E-state index contributed by atoms with van der Waals surface area (Å²) in [6.45, 7) is 4.95. The second-order valence-electron chi connectivity index (χ2n) is 4.86. The van der Waals surface area contributed by atoms with Crippen molar-refractivity contribution < 1.29 is 9.53 Å². The van der Waals surface area contributed by atoms with Crippen LogP contribution in [0.15, 0.2) is 48.5 Å². The first kappa shape index (κ1) is 14.9. The van der Waals surface area contributed by atoms with Gasteiger partial charge in [-0.25, -0.2) is 4.79 Å². The summed E-state index contributed by atoms with van der Waals surface area (Å²) in [6, 6.07) is 15.1. The second kappa shape index (κ2) is 7.33. The van der Waals surface area contributed by atoms with Gasteiger partial charge in [0.05, 0.1) is 6.54 Å². The van der Waals surface area contributed by atoms with Crippen LogP contribution in [0.5, 0.6) is 5.75 Å². The van der Waals surface area contributed by atoms with Crippen molar-refractivity contribution in [1.82, 2.24) is 5.32 Å². The number of carbonyl (C=O) groups is 1. The van der Waals surface area contributed by atoms with Crippen molar-refractivity contribution in [2.24, 2.45) is 0 Å². The predicted molar refractivity (Wildman–Crippen MR) is 84.9 cm³/mol. The summed E-state index contributed by atoms with van der Waals surface area (Å²) in [4.78, 5) is 11.7. The van der Waals surface area contributed by atoms with E-state index in [0.29, 0.717) is 13.2 Å². The van der Waals surface area contributed by atoms with Gasteiger partial charge in [0.2, 0.25) is 0 Å². The van der Waals surface area contributed by atoms with Crippen molar-refractivity contribution in [2.75, 3.05) is 18.5 Å². The number of carbonyl (C=O) groups excluding carboxylic acids is 1. The Morgan fingerprint density at radius 1 is 1.10 bits per heavy atom. The number of aryl methyl sites for hydroxylation is 2. The highest BCUT2D eigenvalue weighted by Gasteiger charge is 2.02. The van der Waals surface area contributed by atoms with Gasteiger partial charge in [-0.2, -0.15) is 0 Å². The summed E-state index contributed by atoms with van der Waals surface area (Å²) in [6.07, 6.45) is 0. The van der Waals surface area contributed by atoms with E-state index in [-0.39, 0.29) is 6.03 Å². The maximum atomic E-state index is 11.7. The number of amides is 2. The average Bonchev–Trinajstić information content (AvgIpc) is 2.46. The van der Waals surface area contributed by atoms with E-state index in [4.69, 9.17) is 4.74 Å². The van der Waals surface area contributed by atoms with E-state index < -0.39 is 0 Å². The molecule has 0 saturated carbocycles. The zero-order valence-corrected chi connectivity index (χ0v) is 12.3. The number of benzene rings is 2. The van der Waals surface area contributed by atoms with E-state index in [0.717, 1.165) is 17.0 Å². The van der Waals surface area contributed by atoms with Crippen LogP contribution in [-0.2, 0) is 0 Å². The lowest BCUT2D eigenvalue weighted by molar-refractivity contribution is 0.247. The van der Waals surface area contributed by atoms with Gasteiger partial charge in [0.25, 0.3) is 0 Å². The van der Waals surface area contributed by atoms with Crippen molar-refractivity contribution in [3.63, 3.8) is 0 Å². The Morgan fingerprint density at radius 3 is 2.57 bits per heavy atom. The minimum absolute atomic E-state index is 0.231. The summed E-state index contributed by atoms with van der Waals surface area (Å²) in [5, 5.41) is 5.51. The number of urea groups is 1. The SMILES string of the molecule is Cc1ccc(OCCNC(=O)Nc2ccccc2)c(C)c1. The summed E-state index contributed by atoms with van der Waals surface area (Å²) < 4.78 is 5.65. The van der Waals surface area contributed by atoms with Crippen LogP contribution in [0.1, 0.15) is 11.1 Å². The van der Waals surface area contributed by atoms with Gasteiger partial charge in [-0.05, 0) is 37.6 Å². The molecule has 0 saturated heterocycles. The second-order valence-corrected chi connectivity index (χ2v) is 4.86. The molecule has 0 atom stereocenters. The molecular weight excluding hydrogens is 264 g/mol. The third kappa shape index (κ3) is 4.84. The smallest absolute Gasteiger partial charge is 0.319 e. The molecule has 0 heterocycles. The Balaban J connectivity index is 1.71. The van der Waals surface area contributed by atoms with Gasteiger partial charge in [-0.3, -0.25) is 0 Å². The van der Waals surface area contributed by atoms with Crippen LogP contribution in [0.3, 0.4) is 0 Å². The van der Waals surface area contributed by atoms with Crippen molar-refractivity contribution >= 4 is 11.7 Å². The van der Waals surface area contributed by atoms with Crippen LogP contribution in [-0.4, -0.2) is 19.2 Å². The number of nitrogens with one attached hydrogen (secondary N) is 2. The van der Waals surface area contributed by atoms with Crippen LogP contribution in [0.2, 0.25) is 0 Å². The normalized spacial score (nSPS) is 10.0. The van der Waals surface area contributed by atoms with Gasteiger partial charge in [-0.1, -0.05) is 35.9 Å². The van der Waals surface area contributed by atoms with E-state index in [1.165, 1.54) is 5.56 Å². The zero-order valence-electron chi connectivity index (χ0n) is 12.3. The molecule has 110 valence electrons. The van der Waals surface area contributed by atoms with E-state index in [9.17, 15) is 4.79 Å². The molecule has 0 unspecified atom stereocenters. The Hall–Kier alpha value is -2.49. The molecule has 0 aliphatic heterocycles. The minimum Gasteiger partial charge on any atom is -0.491 e. The monoisotopic (exact) mass is 284 g/mol. The molecule has 0 bridgehead atoms. The third-order valence-electron chi connectivity index (χ3n) is 3.01. The molecular formula is C17H20N2O2. The molecule has 2 aromatic carbocycles. The molecule has 2 N–H and O–H groups in total. The van der Waals surface area contributed by atoms with Gasteiger partial charge < -0.3 is 15.4 Å². The molecule has 0 fully saturated rings. The molecule has 2 rings (SSSR count). The Bertz CT molecular complexity index is 597. The fourth-order valence-corrected chi connectivity index (χ4v) is 1.98. The molecule has 0 aromatic heterocycles. The summed E-state index contributed by atoms with van der Waals surface area (Å²) in [5.74, 6) is 0.853. The van der Waals surface area contributed by atoms with Crippen molar-refractivity contribution in [3.8, 4) is 5.75 Å². The van der Waals surface area contributed by atoms with Gasteiger partial charge in [-0.15, -0.1) is 0 Å². The van der Waals surface area contributed by atoms with E-state index in [2.05, 4.69) is 16.7 Å². The largest absolute Gasteiger partial charge is 0.491 e. The lowest BCUT2D eigenvalue weighted by Crippen LogP contribution is -2.32. The molecule has 4 heteroatoms. The van der Waals surface area contributed by atoms with E-state index >= 15 is 0 Å². The van der Waals surface area contributed by atoms with Gasteiger partial charge in [0, 0.05) is 5.69 Å². The Labute approximate surface area is 125 Å². The first-order valence-corrected chi connectivity index (χ1v) is 6.95. The summed E-state index contributed by atoms with van der Waals surface area (Å²) in [7, 11) is 0. The van der Waals surface area contributed by atoms with Crippen LogP contribution in [0, 0.1) is 13.8 Å². The van der Waals surface area contributed by atoms with Crippen LogP contribution in [0.4, 0.5) is 10.5 Å². The lowest BCUT2D eigenvalue weighted by Gasteiger charge is -2.11. The van der Waals surface area contributed by atoms with Gasteiger partial charge in [0.15, 0.2) is 0 Å². The molecule has 2 amide bonds. The Kier molecular flexibility index (Phi) is 5.21. The lowest BCUT2D eigenvalue weighted by atomic mass is 10.1.